The Kier molecular flexibility index (Phi) is 8.01. The number of hydrogen-bond acceptors (Lipinski definition) is 6. The van der Waals surface area contributed by atoms with E-state index >= 15 is 0 Å². The van der Waals surface area contributed by atoms with E-state index in [4.69, 9.17) is 31.9 Å². The first-order chi connectivity index (χ1) is 19.0. The van der Waals surface area contributed by atoms with Crippen LogP contribution in [0.5, 0.6) is 5.75 Å². The first-order valence-corrected chi connectivity index (χ1v) is 14.6. The normalized spacial score (nSPS) is 14.5. The Labute approximate surface area is 234 Å². The fourth-order valence-electron chi connectivity index (χ4n) is 4.82. The summed E-state index contributed by atoms with van der Waals surface area (Å²) in [5, 5.41) is 12.2. The average molecular weight is 587 g/mol. The van der Waals surface area contributed by atoms with Crippen molar-refractivity contribution in [1.29, 1.82) is 0 Å². The van der Waals surface area contributed by atoms with Gasteiger partial charge in [-0.2, -0.15) is 0 Å². The van der Waals surface area contributed by atoms with E-state index in [1.807, 2.05) is 22.8 Å². The van der Waals surface area contributed by atoms with Crippen LogP contribution in [0.2, 0.25) is 5.02 Å². The molecular weight excluding hydrogens is 559 g/mol. The molecule has 40 heavy (non-hydrogen) atoms. The first kappa shape index (κ1) is 28.3. The minimum atomic E-state index is -4.78. The number of rotatable bonds is 12. The second-order valence-corrected chi connectivity index (χ2v) is 11.5. The standard InChI is InChI=1S/C28H28ClN2O8P/c29-20-5-3-18-12-27(23(28(30)34)10-19(18)9-20)38-15-26(33)24-13-31(8-7-21(14-32)39-40(35,36)37)25-11-17(16-1-2-16)4-6-22(24)25/h3-6,9-13,16,21,32H,1-2,7-8,14-15H2,(H2,30,34)(H2,35,36,37). The molecule has 0 radical (unpaired) electrons. The fraction of sp³-hybridized carbons (Fsp3) is 0.286. The number of halogens is 1. The molecule has 1 aromatic heterocycles. The van der Waals surface area contributed by atoms with Crippen molar-refractivity contribution in [2.75, 3.05) is 13.2 Å². The largest absolute Gasteiger partial charge is 0.485 e. The third-order valence-corrected chi connectivity index (χ3v) is 7.77. The molecule has 1 atom stereocenters. The molecular formula is C28H28ClN2O8P. The predicted octanol–water partition coefficient (Wildman–Crippen LogP) is 4.55. The van der Waals surface area contributed by atoms with Gasteiger partial charge in [0.15, 0.2) is 6.61 Å². The molecule has 1 aliphatic rings. The highest BCUT2D eigenvalue weighted by molar-refractivity contribution is 7.46. The number of Topliss-reactive ketones (excluding diaryl/α,β-unsaturated/α-hetero) is 1. The summed E-state index contributed by atoms with van der Waals surface area (Å²) in [6.45, 7) is -0.691. The third kappa shape index (κ3) is 6.39. The SMILES string of the molecule is NC(=O)c1cc2cc(Cl)ccc2cc1OCC(=O)c1cn(CCC(CO)OP(=O)(O)O)c2cc(C3CC3)ccc12. The summed E-state index contributed by atoms with van der Waals surface area (Å²) in [5.74, 6) is -0.395. The van der Waals surface area contributed by atoms with Gasteiger partial charge in [0, 0.05) is 34.2 Å². The van der Waals surface area contributed by atoms with Gasteiger partial charge in [0.2, 0.25) is 5.78 Å². The van der Waals surface area contributed by atoms with Crippen LogP contribution in [-0.2, 0) is 15.6 Å². The molecule has 3 aromatic carbocycles. The number of nitrogens with zero attached hydrogens (tertiary/aromatic N) is 1. The maximum absolute atomic E-state index is 13.4. The van der Waals surface area contributed by atoms with Crippen LogP contribution in [0.25, 0.3) is 21.7 Å². The number of carbonyl (C=O) groups is 2. The number of nitrogens with two attached hydrogens (primary N) is 1. The quantitative estimate of drug-likeness (QED) is 0.139. The van der Waals surface area contributed by atoms with Gasteiger partial charge < -0.3 is 29.9 Å². The molecule has 1 aliphatic carbocycles. The van der Waals surface area contributed by atoms with Crippen molar-refractivity contribution >= 4 is 52.8 Å². The van der Waals surface area contributed by atoms with Gasteiger partial charge in [0.1, 0.15) is 5.75 Å². The summed E-state index contributed by atoms with van der Waals surface area (Å²) in [5.41, 5.74) is 8.01. The van der Waals surface area contributed by atoms with Crippen LogP contribution in [0.3, 0.4) is 0 Å². The maximum Gasteiger partial charge on any atom is 0.469 e. The molecule has 210 valence electrons. The average Bonchev–Trinajstić information content (AvgIpc) is 3.69. The van der Waals surface area contributed by atoms with Gasteiger partial charge in [-0.1, -0.05) is 29.8 Å². The summed E-state index contributed by atoms with van der Waals surface area (Å²) in [6, 6.07) is 14.3. The van der Waals surface area contributed by atoms with E-state index < -0.39 is 26.4 Å². The van der Waals surface area contributed by atoms with Crippen LogP contribution in [-0.4, -0.2) is 50.5 Å². The molecule has 0 spiro atoms. The molecule has 1 fully saturated rings. The third-order valence-electron chi connectivity index (χ3n) is 6.96. The highest BCUT2D eigenvalue weighted by atomic mass is 35.5. The van der Waals surface area contributed by atoms with Crippen molar-refractivity contribution in [1.82, 2.24) is 4.57 Å². The molecule has 0 bridgehead atoms. The Bertz CT molecular complexity index is 1660. The number of aryl methyl sites for hydroxylation is 1. The second-order valence-electron chi connectivity index (χ2n) is 9.89. The maximum atomic E-state index is 13.4. The summed E-state index contributed by atoms with van der Waals surface area (Å²) in [7, 11) is -4.78. The summed E-state index contributed by atoms with van der Waals surface area (Å²) >= 11 is 6.07. The van der Waals surface area contributed by atoms with Crippen LogP contribution >= 0.6 is 19.4 Å². The topological polar surface area (TPSA) is 161 Å². The number of primary amides is 1. The second kappa shape index (κ2) is 11.3. The summed E-state index contributed by atoms with van der Waals surface area (Å²) in [6.07, 6.45) is 2.87. The molecule has 0 aliphatic heterocycles. The van der Waals surface area contributed by atoms with E-state index in [9.17, 15) is 19.3 Å². The number of benzene rings is 3. The van der Waals surface area contributed by atoms with Gasteiger partial charge in [-0.05, 0) is 71.8 Å². The van der Waals surface area contributed by atoms with Gasteiger partial charge in [-0.15, -0.1) is 0 Å². The van der Waals surface area contributed by atoms with E-state index in [0.29, 0.717) is 27.3 Å². The zero-order valence-electron chi connectivity index (χ0n) is 21.3. The van der Waals surface area contributed by atoms with Gasteiger partial charge in [-0.25, -0.2) is 4.57 Å². The molecule has 10 nitrogen and oxygen atoms in total. The lowest BCUT2D eigenvalue weighted by Gasteiger charge is -2.16. The number of phosphoric acid groups is 1. The number of phosphoric ester groups is 1. The summed E-state index contributed by atoms with van der Waals surface area (Å²) in [4.78, 5) is 43.8. The number of amides is 1. The zero-order valence-corrected chi connectivity index (χ0v) is 23.0. The Morgan fingerprint density at radius 3 is 2.52 bits per heavy atom. The number of ether oxygens (including phenoxy) is 1. The van der Waals surface area contributed by atoms with Crippen molar-refractivity contribution < 1.29 is 38.3 Å². The fourth-order valence-corrected chi connectivity index (χ4v) is 5.56. The highest BCUT2D eigenvalue weighted by Crippen LogP contribution is 2.42. The van der Waals surface area contributed by atoms with Crippen LogP contribution in [0.4, 0.5) is 0 Å². The molecule has 0 saturated heterocycles. The van der Waals surface area contributed by atoms with Crippen LogP contribution in [0.1, 0.15) is 51.5 Å². The number of carbonyl (C=O) groups excluding carboxylic acids is 2. The van der Waals surface area contributed by atoms with Gasteiger partial charge in [0.05, 0.1) is 18.3 Å². The lowest BCUT2D eigenvalue weighted by atomic mass is 10.0. The molecule has 5 N–H and O–H groups in total. The number of fused-ring (bicyclic) bond motifs is 2. The van der Waals surface area contributed by atoms with Crippen LogP contribution in [0, 0.1) is 0 Å². The molecule has 5 rings (SSSR count). The lowest BCUT2D eigenvalue weighted by Crippen LogP contribution is -2.19. The molecule has 12 heteroatoms. The zero-order chi connectivity index (χ0) is 28.6. The van der Waals surface area contributed by atoms with Crippen molar-refractivity contribution in [3.8, 4) is 5.75 Å². The molecule has 1 amide bonds. The van der Waals surface area contributed by atoms with E-state index in [1.54, 1.807) is 36.5 Å². The van der Waals surface area contributed by atoms with Crippen molar-refractivity contribution in [3.05, 3.63) is 76.4 Å². The minimum Gasteiger partial charge on any atom is -0.485 e. The Morgan fingerprint density at radius 2 is 1.85 bits per heavy atom. The molecule has 1 unspecified atom stereocenters. The van der Waals surface area contributed by atoms with E-state index in [-0.39, 0.29) is 36.7 Å². The smallest absolute Gasteiger partial charge is 0.469 e. The van der Waals surface area contributed by atoms with Gasteiger partial charge in [-0.3, -0.25) is 14.1 Å². The van der Waals surface area contributed by atoms with Crippen LogP contribution in [0.15, 0.2) is 54.7 Å². The van der Waals surface area contributed by atoms with E-state index in [1.165, 1.54) is 0 Å². The monoisotopic (exact) mass is 586 g/mol. The number of aliphatic hydroxyl groups is 1. The number of aliphatic hydroxyl groups excluding tert-OH is 1. The lowest BCUT2D eigenvalue weighted by molar-refractivity contribution is 0.0720. The number of ketones is 1. The predicted molar refractivity (Wildman–Crippen MR) is 150 cm³/mol. The van der Waals surface area contributed by atoms with Gasteiger partial charge >= 0.3 is 7.82 Å². The van der Waals surface area contributed by atoms with E-state index in [2.05, 4.69) is 4.52 Å². The van der Waals surface area contributed by atoms with E-state index in [0.717, 1.165) is 29.3 Å². The molecule has 1 heterocycles. The summed E-state index contributed by atoms with van der Waals surface area (Å²) < 4.78 is 23.6. The Balaban J connectivity index is 1.42. The van der Waals surface area contributed by atoms with Crippen molar-refractivity contribution in [3.63, 3.8) is 0 Å². The first-order valence-electron chi connectivity index (χ1n) is 12.7. The number of aromatic nitrogens is 1. The highest BCUT2D eigenvalue weighted by Gasteiger charge is 2.26. The molecule has 1 saturated carbocycles. The van der Waals surface area contributed by atoms with Crippen molar-refractivity contribution in [2.24, 2.45) is 5.73 Å². The van der Waals surface area contributed by atoms with Crippen molar-refractivity contribution in [2.45, 2.75) is 37.8 Å². The molecule has 4 aromatic rings. The minimum absolute atomic E-state index is 0.103. The number of hydrogen-bond donors (Lipinski definition) is 4. The van der Waals surface area contributed by atoms with Gasteiger partial charge in [0.25, 0.3) is 5.91 Å². The Morgan fingerprint density at radius 1 is 1.07 bits per heavy atom. The Hall–Kier alpha value is -3.24. The van der Waals surface area contributed by atoms with Crippen LogP contribution < -0.4 is 10.5 Å².